The molecule has 2 aromatic carbocycles. The summed E-state index contributed by atoms with van der Waals surface area (Å²) >= 11 is 1.55. The van der Waals surface area contributed by atoms with E-state index in [4.69, 9.17) is 9.47 Å². The minimum atomic E-state index is -0.401. The molecule has 1 unspecified atom stereocenters. The lowest BCUT2D eigenvalue weighted by Gasteiger charge is -2.30. The molecular weight excluding hydrogens is 400 g/mol. The van der Waals surface area contributed by atoms with Crippen molar-refractivity contribution >= 4 is 28.8 Å². The molecule has 6 nitrogen and oxygen atoms in total. The zero-order valence-corrected chi connectivity index (χ0v) is 17.8. The maximum absolute atomic E-state index is 13.8. The van der Waals surface area contributed by atoms with E-state index < -0.39 is 6.04 Å². The predicted octanol–water partition coefficient (Wildman–Crippen LogP) is 4.26. The number of fused-ring (bicyclic) bond motifs is 1. The topological polar surface area (TPSA) is 67.9 Å². The van der Waals surface area contributed by atoms with Crippen molar-refractivity contribution in [1.29, 1.82) is 0 Å². The smallest absolute Gasteiger partial charge is 0.259 e. The van der Waals surface area contributed by atoms with Gasteiger partial charge in [-0.2, -0.15) is 0 Å². The summed E-state index contributed by atoms with van der Waals surface area (Å²) in [5.41, 5.74) is 3.01. The Labute approximate surface area is 179 Å². The normalized spacial score (nSPS) is 15.8. The van der Waals surface area contributed by atoms with E-state index in [1.807, 2.05) is 42.6 Å². The number of nitrogens with one attached hydrogen (secondary N) is 1. The van der Waals surface area contributed by atoms with Crippen LogP contribution in [0.25, 0.3) is 0 Å². The summed E-state index contributed by atoms with van der Waals surface area (Å²) in [4.78, 5) is 29.1. The Balaban J connectivity index is 1.89. The van der Waals surface area contributed by atoms with Crippen molar-refractivity contribution in [2.45, 2.75) is 13.0 Å². The molecule has 0 bridgehead atoms. The highest BCUT2D eigenvalue weighted by atomic mass is 32.1. The molecule has 1 aromatic heterocycles. The van der Waals surface area contributed by atoms with Gasteiger partial charge >= 0.3 is 0 Å². The third-order valence-electron chi connectivity index (χ3n) is 5.11. The number of methoxy groups -OCH3 is 2. The van der Waals surface area contributed by atoms with Gasteiger partial charge in [0.2, 0.25) is 5.91 Å². The second-order valence-electron chi connectivity index (χ2n) is 7.03. The van der Waals surface area contributed by atoms with E-state index >= 15 is 0 Å². The fourth-order valence-corrected chi connectivity index (χ4v) is 4.63. The Morgan fingerprint density at radius 3 is 2.67 bits per heavy atom. The highest BCUT2D eigenvalue weighted by Crippen LogP contribution is 2.40. The molecule has 1 N–H and O–H groups in total. The molecule has 154 valence electrons. The van der Waals surface area contributed by atoms with E-state index in [2.05, 4.69) is 5.32 Å². The van der Waals surface area contributed by atoms with Gasteiger partial charge in [0.05, 0.1) is 25.8 Å². The second kappa shape index (κ2) is 8.20. The molecule has 0 saturated heterocycles. The van der Waals surface area contributed by atoms with Crippen LogP contribution in [0.4, 0.5) is 5.69 Å². The lowest BCUT2D eigenvalue weighted by atomic mass is 9.99. The lowest BCUT2D eigenvalue weighted by Crippen LogP contribution is -2.38. The first-order chi connectivity index (χ1) is 14.5. The molecule has 4 rings (SSSR count). The highest BCUT2D eigenvalue weighted by molar-refractivity contribution is 7.10. The minimum absolute atomic E-state index is 0.0739. The van der Waals surface area contributed by atoms with Crippen molar-refractivity contribution in [3.05, 3.63) is 75.5 Å². The number of hydrogen-bond donors (Lipinski definition) is 1. The average molecular weight is 423 g/mol. The van der Waals surface area contributed by atoms with Gasteiger partial charge < -0.3 is 19.7 Å². The molecule has 1 aliphatic rings. The number of thiophene rings is 1. The van der Waals surface area contributed by atoms with Crippen molar-refractivity contribution in [2.75, 3.05) is 26.1 Å². The Kier molecular flexibility index (Phi) is 5.46. The molecule has 2 heterocycles. The summed E-state index contributed by atoms with van der Waals surface area (Å²) in [5.74, 6) is 0.277. The molecule has 7 heteroatoms. The fourth-order valence-electron chi connectivity index (χ4n) is 3.78. The molecule has 0 spiro atoms. The number of aryl methyl sites for hydroxylation is 1. The molecule has 0 fully saturated rings. The van der Waals surface area contributed by atoms with Gasteiger partial charge in [-0.3, -0.25) is 9.59 Å². The maximum Gasteiger partial charge on any atom is 0.259 e. The van der Waals surface area contributed by atoms with Crippen LogP contribution < -0.4 is 14.8 Å². The Morgan fingerprint density at radius 2 is 1.97 bits per heavy atom. The minimum Gasteiger partial charge on any atom is -0.493 e. The summed E-state index contributed by atoms with van der Waals surface area (Å²) in [6.07, 6.45) is 0. The number of para-hydroxylation sites is 1. The van der Waals surface area contributed by atoms with Crippen LogP contribution in [0.15, 0.2) is 53.9 Å². The quantitative estimate of drug-likeness (QED) is 0.682. The van der Waals surface area contributed by atoms with Gasteiger partial charge in [-0.1, -0.05) is 29.8 Å². The average Bonchev–Trinajstić information content (AvgIpc) is 3.23. The number of benzene rings is 2. The first kappa shape index (κ1) is 20.0. The Morgan fingerprint density at radius 1 is 1.13 bits per heavy atom. The molecule has 30 heavy (non-hydrogen) atoms. The Hall–Kier alpha value is -3.32. The molecule has 2 amide bonds. The van der Waals surface area contributed by atoms with E-state index in [9.17, 15) is 9.59 Å². The van der Waals surface area contributed by atoms with Crippen LogP contribution >= 0.6 is 11.3 Å². The first-order valence-electron chi connectivity index (χ1n) is 9.49. The van der Waals surface area contributed by atoms with E-state index in [0.29, 0.717) is 17.1 Å². The monoisotopic (exact) mass is 422 g/mol. The van der Waals surface area contributed by atoms with Crippen molar-refractivity contribution in [1.82, 2.24) is 4.90 Å². The number of carbonyl (C=O) groups excluding carboxylic acids is 2. The summed E-state index contributed by atoms with van der Waals surface area (Å²) in [6.45, 7) is 1.92. The zero-order valence-electron chi connectivity index (χ0n) is 17.0. The number of rotatable bonds is 4. The van der Waals surface area contributed by atoms with Gasteiger partial charge in [-0.25, -0.2) is 0 Å². The number of nitrogens with zero attached hydrogens (tertiary/aromatic N) is 1. The van der Waals surface area contributed by atoms with E-state index in [-0.39, 0.29) is 18.4 Å². The summed E-state index contributed by atoms with van der Waals surface area (Å²) < 4.78 is 10.8. The Bertz CT molecular complexity index is 1090. The van der Waals surface area contributed by atoms with Crippen molar-refractivity contribution in [3.63, 3.8) is 0 Å². The van der Waals surface area contributed by atoms with Crippen molar-refractivity contribution < 1.29 is 19.1 Å². The number of hydrogen-bond acceptors (Lipinski definition) is 5. The number of ether oxygens (including phenoxy) is 2. The number of amides is 2. The SMILES string of the molecule is COc1cccc(C(=O)N2CC(=O)Nc3ccc(C)cc3C2c2cccs2)c1OC. The lowest BCUT2D eigenvalue weighted by molar-refractivity contribution is -0.117. The van der Waals surface area contributed by atoms with Gasteiger partial charge in [0, 0.05) is 16.1 Å². The van der Waals surface area contributed by atoms with E-state index in [0.717, 1.165) is 21.7 Å². The first-order valence-corrected chi connectivity index (χ1v) is 10.4. The van der Waals surface area contributed by atoms with Crippen LogP contribution in [0.2, 0.25) is 0 Å². The number of carbonyl (C=O) groups is 2. The molecule has 1 atom stereocenters. The summed E-state index contributed by atoms with van der Waals surface area (Å²) in [6, 6.07) is 14.6. The van der Waals surface area contributed by atoms with Gasteiger partial charge in [0.15, 0.2) is 11.5 Å². The van der Waals surface area contributed by atoms with Gasteiger partial charge in [-0.15, -0.1) is 11.3 Å². The molecular formula is C23H22N2O4S. The fraction of sp³-hybridized carbons (Fsp3) is 0.217. The van der Waals surface area contributed by atoms with Gasteiger partial charge in [-0.05, 0) is 36.6 Å². The van der Waals surface area contributed by atoms with Crippen LogP contribution in [-0.4, -0.2) is 37.5 Å². The maximum atomic E-state index is 13.8. The molecule has 0 aliphatic carbocycles. The summed E-state index contributed by atoms with van der Waals surface area (Å²) in [7, 11) is 3.03. The van der Waals surface area contributed by atoms with Crippen LogP contribution in [-0.2, 0) is 4.79 Å². The number of anilines is 1. The van der Waals surface area contributed by atoms with Gasteiger partial charge in [0.1, 0.15) is 6.54 Å². The molecule has 1 aliphatic heterocycles. The largest absolute Gasteiger partial charge is 0.493 e. The molecule has 0 saturated carbocycles. The zero-order chi connectivity index (χ0) is 21.3. The van der Waals surface area contributed by atoms with Crippen molar-refractivity contribution in [2.24, 2.45) is 0 Å². The van der Waals surface area contributed by atoms with Crippen LogP contribution in [0.1, 0.15) is 32.4 Å². The standard InChI is InChI=1S/C23H22N2O4S/c1-14-9-10-17-16(12-14)21(19-8-5-11-30-19)25(13-20(26)24-17)23(27)15-6-4-7-18(28-2)22(15)29-3/h4-12,21H,13H2,1-3H3,(H,24,26). The summed E-state index contributed by atoms with van der Waals surface area (Å²) in [5, 5.41) is 4.92. The van der Waals surface area contributed by atoms with Crippen LogP contribution in [0.5, 0.6) is 11.5 Å². The van der Waals surface area contributed by atoms with E-state index in [1.165, 1.54) is 14.2 Å². The van der Waals surface area contributed by atoms with Crippen LogP contribution in [0, 0.1) is 6.92 Å². The third-order valence-corrected chi connectivity index (χ3v) is 6.03. The second-order valence-corrected chi connectivity index (χ2v) is 8.01. The molecule has 0 radical (unpaired) electrons. The van der Waals surface area contributed by atoms with Gasteiger partial charge in [0.25, 0.3) is 5.91 Å². The predicted molar refractivity (Wildman–Crippen MR) is 117 cm³/mol. The van der Waals surface area contributed by atoms with E-state index in [1.54, 1.807) is 34.4 Å². The third kappa shape index (κ3) is 3.52. The van der Waals surface area contributed by atoms with Crippen molar-refractivity contribution in [3.8, 4) is 11.5 Å². The van der Waals surface area contributed by atoms with Crippen LogP contribution in [0.3, 0.4) is 0 Å². The highest BCUT2D eigenvalue weighted by Gasteiger charge is 2.36. The molecule has 3 aromatic rings.